The van der Waals surface area contributed by atoms with E-state index in [4.69, 9.17) is 0 Å². The van der Waals surface area contributed by atoms with Crippen LogP contribution in [0.5, 0.6) is 0 Å². The van der Waals surface area contributed by atoms with Gasteiger partial charge in [0.25, 0.3) is 0 Å². The van der Waals surface area contributed by atoms with Gasteiger partial charge in [-0.05, 0) is 42.5 Å². The molecule has 0 bridgehead atoms. The van der Waals surface area contributed by atoms with Gasteiger partial charge < -0.3 is 4.74 Å². The number of aryl methyl sites for hydroxylation is 2. The Morgan fingerprint density at radius 1 is 1.47 bits per heavy atom. The van der Waals surface area contributed by atoms with E-state index in [1.54, 1.807) is 0 Å². The fourth-order valence-electron chi connectivity index (χ4n) is 1.67. The van der Waals surface area contributed by atoms with Gasteiger partial charge in [-0.15, -0.1) is 0 Å². The lowest BCUT2D eigenvalue weighted by Crippen LogP contribution is -1.96. The number of hydrogen-bond donors (Lipinski definition) is 0. The summed E-state index contributed by atoms with van der Waals surface area (Å²) < 4.78 is 4.60. The van der Waals surface area contributed by atoms with Gasteiger partial charge in [0.1, 0.15) is 0 Å². The number of esters is 1. The number of rotatable bonds is 5. The highest BCUT2D eigenvalue weighted by Crippen LogP contribution is 2.18. The molecule has 0 saturated carbocycles. The molecule has 0 spiro atoms. The van der Waals surface area contributed by atoms with Crippen LogP contribution in [0.4, 0.5) is 0 Å². The van der Waals surface area contributed by atoms with Crippen molar-refractivity contribution >= 4 is 28.0 Å². The number of carbonyl (C=O) groups is 1. The second-order valence-electron chi connectivity index (χ2n) is 3.80. The van der Waals surface area contributed by atoms with Crippen LogP contribution < -0.4 is 0 Å². The number of carbonyl (C=O) groups excluding carboxylic acids is 1. The third-order valence-corrected chi connectivity index (χ3v) is 3.14. The van der Waals surface area contributed by atoms with Crippen molar-refractivity contribution in [2.24, 2.45) is 0 Å². The molecule has 1 aromatic carbocycles. The minimum atomic E-state index is -0.320. The van der Waals surface area contributed by atoms with Gasteiger partial charge in [0.15, 0.2) is 0 Å². The van der Waals surface area contributed by atoms with Gasteiger partial charge in [0, 0.05) is 11.4 Å². The van der Waals surface area contributed by atoms with E-state index < -0.39 is 0 Å². The molecular formula is C14H17BrO2. The van der Waals surface area contributed by atoms with Crippen LogP contribution in [0, 0.1) is 6.92 Å². The highest BCUT2D eigenvalue weighted by molar-refractivity contribution is 9.09. The van der Waals surface area contributed by atoms with Crippen molar-refractivity contribution in [2.45, 2.75) is 19.8 Å². The Kier molecular flexibility index (Phi) is 5.98. The molecule has 0 N–H and O–H groups in total. The molecule has 0 atom stereocenters. The average Bonchev–Trinajstić information content (AvgIpc) is 2.34. The summed E-state index contributed by atoms with van der Waals surface area (Å²) in [4.78, 5) is 11.1. The van der Waals surface area contributed by atoms with E-state index in [0.717, 1.165) is 23.7 Å². The molecule has 0 fully saturated rings. The molecule has 0 radical (unpaired) electrons. The Morgan fingerprint density at radius 3 is 2.88 bits per heavy atom. The van der Waals surface area contributed by atoms with E-state index in [9.17, 15) is 4.79 Å². The third-order valence-electron chi connectivity index (χ3n) is 2.58. The van der Waals surface area contributed by atoms with Crippen LogP contribution in [-0.4, -0.2) is 18.4 Å². The predicted octanol–water partition coefficient (Wildman–Crippen LogP) is 3.51. The van der Waals surface area contributed by atoms with Gasteiger partial charge >= 0.3 is 5.97 Å². The number of methoxy groups -OCH3 is 1. The van der Waals surface area contributed by atoms with E-state index in [0.29, 0.717) is 0 Å². The highest BCUT2D eigenvalue weighted by Gasteiger charge is 2.03. The zero-order valence-corrected chi connectivity index (χ0v) is 11.8. The fraction of sp³-hybridized carbons (Fsp3) is 0.357. The Hall–Kier alpha value is -1.09. The molecule has 3 heteroatoms. The maximum atomic E-state index is 11.1. The second kappa shape index (κ2) is 7.28. The van der Waals surface area contributed by atoms with Crippen molar-refractivity contribution in [2.75, 3.05) is 12.4 Å². The minimum absolute atomic E-state index is 0.320. The summed E-state index contributed by atoms with van der Waals surface area (Å²) in [6.45, 7) is 2.05. The largest absolute Gasteiger partial charge is 0.466 e. The van der Waals surface area contributed by atoms with Crippen molar-refractivity contribution < 1.29 is 9.53 Å². The SMILES string of the molecule is COC(=O)/C=C/c1c(C)cccc1CCCBr. The smallest absolute Gasteiger partial charge is 0.330 e. The highest BCUT2D eigenvalue weighted by atomic mass is 79.9. The van der Waals surface area contributed by atoms with Crippen LogP contribution in [0.15, 0.2) is 24.3 Å². The fourth-order valence-corrected chi connectivity index (χ4v) is 1.95. The average molecular weight is 297 g/mol. The molecule has 0 aliphatic heterocycles. The normalized spacial score (nSPS) is 10.8. The van der Waals surface area contributed by atoms with Crippen molar-refractivity contribution in [3.05, 3.63) is 41.0 Å². The lowest BCUT2D eigenvalue weighted by Gasteiger charge is -2.08. The van der Waals surface area contributed by atoms with Gasteiger partial charge in [-0.2, -0.15) is 0 Å². The van der Waals surface area contributed by atoms with Crippen molar-refractivity contribution in [1.29, 1.82) is 0 Å². The van der Waals surface area contributed by atoms with Crippen molar-refractivity contribution in [3.63, 3.8) is 0 Å². The molecule has 0 aliphatic rings. The molecule has 0 heterocycles. The Balaban J connectivity index is 2.94. The Morgan fingerprint density at radius 2 is 2.24 bits per heavy atom. The van der Waals surface area contributed by atoms with Gasteiger partial charge in [-0.1, -0.05) is 34.1 Å². The molecule has 92 valence electrons. The Bertz CT molecular complexity index is 411. The van der Waals surface area contributed by atoms with Gasteiger partial charge in [0.05, 0.1) is 7.11 Å². The van der Waals surface area contributed by atoms with Crippen molar-refractivity contribution in [1.82, 2.24) is 0 Å². The minimum Gasteiger partial charge on any atom is -0.466 e. The maximum Gasteiger partial charge on any atom is 0.330 e. The summed E-state index contributed by atoms with van der Waals surface area (Å²) in [5.41, 5.74) is 3.57. The molecule has 0 aliphatic carbocycles. The third kappa shape index (κ3) is 4.35. The number of hydrogen-bond acceptors (Lipinski definition) is 2. The van der Waals surface area contributed by atoms with E-state index in [-0.39, 0.29) is 5.97 Å². The molecule has 1 rings (SSSR count). The van der Waals surface area contributed by atoms with Gasteiger partial charge in [-0.3, -0.25) is 0 Å². The molecule has 1 aromatic rings. The summed E-state index contributed by atoms with van der Waals surface area (Å²) in [5, 5.41) is 0.987. The van der Waals surface area contributed by atoms with Gasteiger partial charge in [0.2, 0.25) is 0 Å². The molecule has 0 amide bonds. The molecule has 17 heavy (non-hydrogen) atoms. The molecule has 0 saturated heterocycles. The lowest BCUT2D eigenvalue weighted by molar-refractivity contribution is -0.134. The number of benzene rings is 1. The van der Waals surface area contributed by atoms with Crippen LogP contribution in [0.2, 0.25) is 0 Å². The van der Waals surface area contributed by atoms with Crippen LogP contribution in [0.1, 0.15) is 23.1 Å². The first-order chi connectivity index (χ1) is 8.19. The molecule has 0 aromatic heterocycles. The van der Waals surface area contributed by atoms with Crippen LogP contribution >= 0.6 is 15.9 Å². The first kappa shape index (κ1) is 14.0. The first-order valence-electron chi connectivity index (χ1n) is 5.59. The van der Waals surface area contributed by atoms with E-state index in [2.05, 4.69) is 39.7 Å². The summed E-state index contributed by atoms with van der Waals surface area (Å²) in [6, 6.07) is 6.20. The second-order valence-corrected chi connectivity index (χ2v) is 4.59. The summed E-state index contributed by atoms with van der Waals surface area (Å²) in [5.74, 6) is -0.320. The quantitative estimate of drug-likeness (QED) is 0.472. The molecule has 0 unspecified atom stereocenters. The molecule has 2 nitrogen and oxygen atoms in total. The standard InChI is InChI=1S/C14H17BrO2/c1-11-5-3-6-12(7-4-10-15)13(11)8-9-14(16)17-2/h3,5-6,8-9H,4,7,10H2,1-2H3/b9-8+. The van der Waals surface area contributed by atoms with Crippen LogP contribution in [0.3, 0.4) is 0 Å². The zero-order valence-electron chi connectivity index (χ0n) is 10.2. The van der Waals surface area contributed by atoms with Crippen molar-refractivity contribution in [3.8, 4) is 0 Å². The Labute approximate surface area is 111 Å². The number of alkyl halides is 1. The summed E-state index contributed by atoms with van der Waals surface area (Å²) in [7, 11) is 1.39. The topological polar surface area (TPSA) is 26.3 Å². The summed E-state index contributed by atoms with van der Waals surface area (Å²) in [6.07, 6.45) is 5.40. The van der Waals surface area contributed by atoms with Gasteiger partial charge in [-0.25, -0.2) is 4.79 Å². The number of halogens is 1. The zero-order chi connectivity index (χ0) is 12.7. The number of ether oxygens (including phenoxy) is 1. The first-order valence-corrected chi connectivity index (χ1v) is 6.71. The lowest BCUT2D eigenvalue weighted by atomic mass is 9.98. The predicted molar refractivity (Wildman–Crippen MR) is 74.3 cm³/mol. The van der Waals surface area contributed by atoms with Crippen LogP contribution in [-0.2, 0) is 16.0 Å². The maximum absolute atomic E-state index is 11.1. The monoisotopic (exact) mass is 296 g/mol. The van der Waals surface area contributed by atoms with E-state index in [1.807, 2.05) is 12.1 Å². The summed E-state index contributed by atoms with van der Waals surface area (Å²) >= 11 is 3.43. The van der Waals surface area contributed by atoms with E-state index in [1.165, 1.54) is 24.3 Å². The van der Waals surface area contributed by atoms with Crippen LogP contribution in [0.25, 0.3) is 6.08 Å². The van der Waals surface area contributed by atoms with E-state index >= 15 is 0 Å². The molecular weight excluding hydrogens is 280 g/mol.